The summed E-state index contributed by atoms with van der Waals surface area (Å²) in [4.78, 5) is 24.5. The molecule has 0 atom stereocenters. The van der Waals surface area contributed by atoms with Gasteiger partial charge in [-0.1, -0.05) is 25.0 Å². The van der Waals surface area contributed by atoms with Crippen molar-refractivity contribution in [3.63, 3.8) is 0 Å². The normalized spacial score (nSPS) is 15.0. The zero-order valence-electron chi connectivity index (χ0n) is 15.3. The molecule has 3 rings (SSSR count). The molecule has 142 valence electrons. The minimum Gasteiger partial charge on any atom is -0.326 e. The van der Waals surface area contributed by atoms with E-state index in [1.54, 1.807) is 24.9 Å². The second-order valence-electron chi connectivity index (χ2n) is 6.69. The molecule has 0 unspecified atom stereocenters. The first-order valence-electron chi connectivity index (χ1n) is 8.89. The largest absolute Gasteiger partial charge is 0.326 e. The van der Waals surface area contributed by atoms with Gasteiger partial charge < -0.3 is 5.32 Å². The van der Waals surface area contributed by atoms with Crippen molar-refractivity contribution in [3.8, 4) is 0 Å². The SMILES string of the molecule is C/C(=N\NC(=O)c1nn(C)cc1Br)c1cccc(NC(=O)C2CCCC2)c1. The quantitative estimate of drug-likeness (QED) is 0.560. The number of aryl methyl sites for hydroxylation is 1. The van der Waals surface area contributed by atoms with E-state index in [0.29, 0.717) is 10.2 Å². The van der Waals surface area contributed by atoms with Gasteiger partial charge in [0.1, 0.15) is 0 Å². The molecule has 2 aromatic rings. The number of hydrogen-bond donors (Lipinski definition) is 2. The lowest BCUT2D eigenvalue weighted by atomic mass is 10.1. The van der Waals surface area contributed by atoms with Crippen LogP contribution in [0.5, 0.6) is 0 Å². The molecule has 0 bridgehead atoms. The Bertz CT molecular complexity index is 884. The third-order valence-electron chi connectivity index (χ3n) is 4.60. The second kappa shape index (κ2) is 8.47. The number of rotatable bonds is 5. The third kappa shape index (κ3) is 4.82. The first-order chi connectivity index (χ1) is 12.9. The van der Waals surface area contributed by atoms with Crippen LogP contribution in [0.4, 0.5) is 5.69 Å². The topological polar surface area (TPSA) is 88.4 Å². The Morgan fingerprint density at radius 2 is 2.04 bits per heavy atom. The van der Waals surface area contributed by atoms with Crippen molar-refractivity contribution in [3.05, 3.63) is 46.2 Å². The Hall–Kier alpha value is -2.48. The van der Waals surface area contributed by atoms with Crippen LogP contribution in [0.3, 0.4) is 0 Å². The van der Waals surface area contributed by atoms with Gasteiger partial charge in [-0.25, -0.2) is 5.43 Å². The van der Waals surface area contributed by atoms with Crippen LogP contribution in [0.25, 0.3) is 0 Å². The molecule has 7 nitrogen and oxygen atoms in total. The molecule has 8 heteroatoms. The van der Waals surface area contributed by atoms with Gasteiger partial charge in [-0.05, 0) is 53.4 Å². The van der Waals surface area contributed by atoms with Crippen LogP contribution in [0.2, 0.25) is 0 Å². The van der Waals surface area contributed by atoms with Gasteiger partial charge in [-0.15, -0.1) is 0 Å². The number of anilines is 1. The van der Waals surface area contributed by atoms with Gasteiger partial charge in [0, 0.05) is 24.8 Å². The number of halogens is 1. The summed E-state index contributed by atoms with van der Waals surface area (Å²) in [5.74, 6) is -0.209. The summed E-state index contributed by atoms with van der Waals surface area (Å²) in [6.07, 6.45) is 5.86. The van der Waals surface area contributed by atoms with Crippen LogP contribution < -0.4 is 10.7 Å². The minimum atomic E-state index is -0.396. The van der Waals surface area contributed by atoms with Crippen molar-refractivity contribution in [2.24, 2.45) is 18.1 Å². The fraction of sp³-hybridized carbons (Fsp3) is 0.368. The molecule has 27 heavy (non-hydrogen) atoms. The Kier molecular flexibility index (Phi) is 6.05. The lowest BCUT2D eigenvalue weighted by Gasteiger charge is -2.11. The molecular weight excluding hydrogens is 410 g/mol. The number of benzene rings is 1. The molecule has 2 N–H and O–H groups in total. The Labute approximate surface area is 166 Å². The fourth-order valence-corrected chi connectivity index (χ4v) is 3.68. The highest BCUT2D eigenvalue weighted by Gasteiger charge is 2.22. The van der Waals surface area contributed by atoms with Gasteiger partial charge in [0.2, 0.25) is 5.91 Å². The van der Waals surface area contributed by atoms with Crippen molar-refractivity contribution in [2.45, 2.75) is 32.6 Å². The monoisotopic (exact) mass is 431 g/mol. The highest BCUT2D eigenvalue weighted by molar-refractivity contribution is 9.10. The van der Waals surface area contributed by atoms with Crippen LogP contribution in [0, 0.1) is 5.92 Å². The van der Waals surface area contributed by atoms with Crippen LogP contribution in [0.1, 0.15) is 48.7 Å². The van der Waals surface area contributed by atoms with Crippen LogP contribution in [-0.2, 0) is 11.8 Å². The first kappa shape index (κ1) is 19.3. The van der Waals surface area contributed by atoms with E-state index >= 15 is 0 Å². The van der Waals surface area contributed by atoms with E-state index < -0.39 is 5.91 Å². The average Bonchev–Trinajstić information content (AvgIpc) is 3.29. The number of hydrazone groups is 1. The molecule has 1 heterocycles. The zero-order chi connectivity index (χ0) is 19.4. The van der Waals surface area contributed by atoms with Crippen molar-refractivity contribution in [1.29, 1.82) is 0 Å². The zero-order valence-corrected chi connectivity index (χ0v) is 16.9. The van der Waals surface area contributed by atoms with E-state index in [1.165, 1.54) is 0 Å². The molecule has 1 aromatic carbocycles. The molecular formula is C19H22BrN5O2. The predicted molar refractivity (Wildman–Crippen MR) is 108 cm³/mol. The van der Waals surface area contributed by atoms with E-state index in [4.69, 9.17) is 0 Å². The maximum absolute atomic E-state index is 12.3. The van der Waals surface area contributed by atoms with Crippen LogP contribution >= 0.6 is 15.9 Å². The van der Waals surface area contributed by atoms with Gasteiger partial charge in [0.25, 0.3) is 5.91 Å². The molecule has 0 radical (unpaired) electrons. The molecule has 0 aliphatic heterocycles. The number of nitrogens with one attached hydrogen (secondary N) is 2. The van der Waals surface area contributed by atoms with Gasteiger partial charge in [0.15, 0.2) is 5.69 Å². The van der Waals surface area contributed by atoms with Crippen molar-refractivity contribution in [2.75, 3.05) is 5.32 Å². The lowest BCUT2D eigenvalue weighted by Crippen LogP contribution is -2.21. The number of hydrogen-bond acceptors (Lipinski definition) is 4. The van der Waals surface area contributed by atoms with Gasteiger partial charge in [-0.3, -0.25) is 14.3 Å². The van der Waals surface area contributed by atoms with E-state index in [9.17, 15) is 9.59 Å². The highest BCUT2D eigenvalue weighted by Crippen LogP contribution is 2.26. The summed E-state index contributed by atoms with van der Waals surface area (Å²) in [7, 11) is 1.74. The van der Waals surface area contributed by atoms with Gasteiger partial charge >= 0.3 is 0 Å². The van der Waals surface area contributed by atoms with Crippen molar-refractivity contribution >= 4 is 39.1 Å². The second-order valence-corrected chi connectivity index (χ2v) is 7.54. The summed E-state index contributed by atoms with van der Waals surface area (Å²) < 4.78 is 2.15. The maximum Gasteiger partial charge on any atom is 0.293 e. The summed E-state index contributed by atoms with van der Waals surface area (Å²) in [5, 5.41) is 11.2. The van der Waals surface area contributed by atoms with Crippen molar-refractivity contribution < 1.29 is 9.59 Å². The Morgan fingerprint density at radius 1 is 1.30 bits per heavy atom. The minimum absolute atomic E-state index is 0.0764. The fourth-order valence-electron chi connectivity index (χ4n) is 3.12. The first-order valence-corrected chi connectivity index (χ1v) is 9.68. The molecule has 1 aliphatic rings. The summed E-state index contributed by atoms with van der Waals surface area (Å²) in [6, 6.07) is 7.45. The summed E-state index contributed by atoms with van der Waals surface area (Å²) in [6.45, 7) is 1.80. The molecule has 0 spiro atoms. The summed E-state index contributed by atoms with van der Waals surface area (Å²) in [5.41, 5.74) is 4.97. The molecule has 0 saturated heterocycles. The van der Waals surface area contributed by atoms with Gasteiger partial charge in [0.05, 0.1) is 10.2 Å². The third-order valence-corrected chi connectivity index (χ3v) is 5.18. The molecule has 1 saturated carbocycles. The number of carbonyl (C=O) groups excluding carboxylic acids is 2. The Balaban J connectivity index is 1.66. The highest BCUT2D eigenvalue weighted by atomic mass is 79.9. The Morgan fingerprint density at radius 3 is 2.70 bits per heavy atom. The number of nitrogens with zero attached hydrogens (tertiary/aromatic N) is 3. The maximum atomic E-state index is 12.3. The lowest BCUT2D eigenvalue weighted by molar-refractivity contribution is -0.119. The van der Waals surface area contributed by atoms with E-state index in [2.05, 4.69) is 36.9 Å². The summed E-state index contributed by atoms with van der Waals surface area (Å²) >= 11 is 3.30. The predicted octanol–water partition coefficient (Wildman–Crippen LogP) is 3.47. The molecule has 1 aromatic heterocycles. The molecule has 2 amide bonds. The number of aromatic nitrogens is 2. The average molecular weight is 432 g/mol. The van der Waals surface area contributed by atoms with E-state index in [0.717, 1.165) is 36.9 Å². The molecule has 1 aliphatic carbocycles. The molecule has 1 fully saturated rings. The van der Waals surface area contributed by atoms with E-state index in [-0.39, 0.29) is 17.5 Å². The standard InChI is InChI=1S/C19H22BrN5O2/c1-12(22-23-19(27)17-16(20)11-25(2)24-17)14-8-5-9-15(10-14)21-18(26)13-6-3-4-7-13/h5,8-11,13H,3-4,6-7H2,1-2H3,(H,21,26)(H,23,27)/b22-12+. The van der Waals surface area contributed by atoms with Crippen molar-refractivity contribution in [1.82, 2.24) is 15.2 Å². The van der Waals surface area contributed by atoms with Crippen LogP contribution in [0.15, 0.2) is 40.0 Å². The number of carbonyl (C=O) groups is 2. The van der Waals surface area contributed by atoms with Crippen LogP contribution in [-0.4, -0.2) is 27.3 Å². The number of amides is 2. The van der Waals surface area contributed by atoms with Gasteiger partial charge in [-0.2, -0.15) is 10.2 Å². The van der Waals surface area contributed by atoms with E-state index in [1.807, 2.05) is 24.3 Å². The smallest absolute Gasteiger partial charge is 0.293 e.